The fraction of sp³-hybridized carbons (Fsp3) is 0.625. The van der Waals surface area contributed by atoms with E-state index in [9.17, 15) is 5.11 Å². The summed E-state index contributed by atoms with van der Waals surface area (Å²) in [7, 11) is 0. The van der Waals surface area contributed by atoms with E-state index in [1.54, 1.807) is 0 Å². The Labute approximate surface area is 121 Å². The highest BCUT2D eigenvalue weighted by molar-refractivity contribution is 5.51. The van der Waals surface area contributed by atoms with Crippen LogP contribution in [0.2, 0.25) is 0 Å². The van der Waals surface area contributed by atoms with E-state index < -0.39 is 0 Å². The largest absolute Gasteiger partial charge is 0.494 e. The Kier molecular flexibility index (Phi) is 5.26. The van der Waals surface area contributed by atoms with Crippen molar-refractivity contribution in [2.24, 2.45) is 0 Å². The number of likely N-dealkylation sites (tertiary alicyclic amines) is 1. The molecule has 1 aromatic rings. The van der Waals surface area contributed by atoms with E-state index in [1.165, 1.54) is 6.42 Å². The fourth-order valence-corrected chi connectivity index (χ4v) is 2.70. The summed E-state index contributed by atoms with van der Waals surface area (Å²) in [5, 5.41) is 13.0. The van der Waals surface area contributed by atoms with Gasteiger partial charge in [0.2, 0.25) is 0 Å². The standard InChI is InChI=1S/C16H26N2O2/c1-4-20-16-6-5-14(9-13(16)11-19)17-15-7-8-18(10-15)12(2)3/h5-6,9,12,15,17,19H,4,7-8,10-11H2,1-3H3. The number of nitrogens with one attached hydrogen (secondary N) is 1. The van der Waals surface area contributed by atoms with E-state index in [0.717, 1.165) is 30.1 Å². The summed E-state index contributed by atoms with van der Waals surface area (Å²) < 4.78 is 5.51. The molecule has 1 fully saturated rings. The minimum atomic E-state index is 0.00758. The van der Waals surface area contributed by atoms with Crippen LogP contribution in [0.4, 0.5) is 5.69 Å². The van der Waals surface area contributed by atoms with Crippen molar-refractivity contribution in [3.8, 4) is 5.75 Å². The van der Waals surface area contributed by atoms with Crippen molar-refractivity contribution in [3.05, 3.63) is 23.8 Å². The number of anilines is 1. The third-order valence-corrected chi connectivity index (χ3v) is 3.85. The highest BCUT2D eigenvalue weighted by Crippen LogP contribution is 2.25. The smallest absolute Gasteiger partial charge is 0.124 e. The Hall–Kier alpha value is -1.26. The molecule has 2 N–H and O–H groups in total. The van der Waals surface area contributed by atoms with Gasteiger partial charge in [0.05, 0.1) is 13.2 Å². The molecule has 112 valence electrons. The average Bonchev–Trinajstić information content (AvgIpc) is 2.89. The molecular weight excluding hydrogens is 252 g/mol. The lowest BCUT2D eigenvalue weighted by atomic mass is 10.1. The topological polar surface area (TPSA) is 44.7 Å². The first-order chi connectivity index (χ1) is 9.63. The molecule has 4 heteroatoms. The first-order valence-electron chi connectivity index (χ1n) is 7.51. The summed E-state index contributed by atoms with van der Waals surface area (Å²) in [6.45, 7) is 9.29. The zero-order valence-corrected chi connectivity index (χ0v) is 12.7. The van der Waals surface area contributed by atoms with Gasteiger partial charge in [-0.25, -0.2) is 0 Å². The molecule has 4 nitrogen and oxygen atoms in total. The van der Waals surface area contributed by atoms with Crippen molar-refractivity contribution >= 4 is 5.69 Å². The van der Waals surface area contributed by atoms with Crippen LogP contribution in [0.15, 0.2) is 18.2 Å². The SMILES string of the molecule is CCOc1ccc(NC2CCN(C(C)C)C2)cc1CO. The maximum atomic E-state index is 9.43. The molecule has 2 rings (SSSR count). The van der Waals surface area contributed by atoms with Gasteiger partial charge in [-0.15, -0.1) is 0 Å². The normalized spacial score (nSPS) is 19.6. The van der Waals surface area contributed by atoms with E-state index in [0.29, 0.717) is 18.7 Å². The van der Waals surface area contributed by atoms with Gasteiger partial charge in [-0.3, -0.25) is 4.90 Å². The molecule has 0 radical (unpaired) electrons. The third-order valence-electron chi connectivity index (χ3n) is 3.85. The van der Waals surface area contributed by atoms with Gasteiger partial charge in [0, 0.05) is 36.4 Å². The average molecular weight is 278 g/mol. The Morgan fingerprint density at radius 2 is 2.25 bits per heavy atom. The van der Waals surface area contributed by atoms with Gasteiger partial charge in [-0.05, 0) is 45.4 Å². The van der Waals surface area contributed by atoms with Crippen LogP contribution in [0.5, 0.6) is 5.75 Å². The minimum Gasteiger partial charge on any atom is -0.494 e. The summed E-state index contributed by atoms with van der Waals surface area (Å²) in [5.74, 6) is 0.774. The summed E-state index contributed by atoms with van der Waals surface area (Å²) in [4.78, 5) is 2.49. The minimum absolute atomic E-state index is 0.00758. The van der Waals surface area contributed by atoms with Crippen LogP contribution in [0.3, 0.4) is 0 Å². The summed E-state index contributed by atoms with van der Waals surface area (Å²) in [5.41, 5.74) is 1.91. The van der Waals surface area contributed by atoms with Gasteiger partial charge in [0.25, 0.3) is 0 Å². The molecule has 1 aliphatic rings. The van der Waals surface area contributed by atoms with Crippen molar-refractivity contribution in [1.82, 2.24) is 4.90 Å². The highest BCUT2D eigenvalue weighted by Gasteiger charge is 2.23. The molecule has 0 aliphatic carbocycles. The second-order valence-electron chi connectivity index (χ2n) is 5.63. The van der Waals surface area contributed by atoms with Gasteiger partial charge in [-0.2, -0.15) is 0 Å². The monoisotopic (exact) mass is 278 g/mol. The Morgan fingerprint density at radius 3 is 2.85 bits per heavy atom. The Morgan fingerprint density at radius 1 is 1.45 bits per heavy atom. The number of rotatable bonds is 6. The number of hydrogen-bond acceptors (Lipinski definition) is 4. The maximum Gasteiger partial charge on any atom is 0.124 e. The molecule has 1 unspecified atom stereocenters. The summed E-state index contributed by atoms with van der Waals surface area (Å²) in [6.07, 6.45) is 1.17. The van der Waals surface area contributed by atoms with Gasteiger partial charge < -0.3 is 15.2 Å². The number of nitrogens with zero attached hydrogens (tertiary/aromatic N) is 1. The van der Waals surface area contributed by atoms with Crippen LogP contribution in [-0.2, 0) is 6.61 Å². The van der Waals surface area contributed by atoms with Gasteiger partial charge in [-0.1, -0.05) is 0 Å². The predicted octanol–water partition coefficient (Wildman–Crippen LogP) is 2.47. The summed E-state index contributed by atoms with van der Waals surface area (Å²) in [6, 6.07) is 7.05. The van der Waals surface area contributed by atoms with Crippen molar-refractivity contribution < 1.29 is 9.84 Å². The van der Waals surface area contributed by atoms with Crippen LogP contribution >= 0.6 is 0 Å². The van der Waals surface area contributed by atoms with Crippen molar-refractivity contribution in [2.75, 3.05) is 25.0 Å². The van der Waals surface area contributed by atoms with E-state index in [2.05, 4.69) is 24.1 Å². The fourth-order valence-electron chi connectivity index (χ4n) is 2.70. The van der Waals surface area contributed by atoms with Crippen LogP contribution in [0.25, 0.3) is 0 Å². The molecule has 1 heterocycles. The second-order valence-corrected chi connectivity index (χ2v) is 5.63. The van der Waals surface area contributed by atoms with E-state index >= 15 is 0 Å². The molecular formula is C16H26N2O2. The molecule has 0 amide bonds. The molecule has 0 bridgehead atoms. The zero-order valence-electron chi connectivity index (χ0n) is 12.7. The summed E-state index contributed by atoms with van der Waals surface area (Å²) >= 11 is 0. The van der Waals surface area contributed by atoms with Gasteiger partial charge >= 0.3 is 0 Å². The quantitative estimate of drug-likeness (QED) is 0.839. The van der Waals surface area contributed by atoms with Gasteiger partial charge in [0.15, 0.2) is 0 Å². The second kappa shape index (κ2) is 6.95. The lowest BCUT2D eigenvalue weighted by molar-refractivity contribution is 0.267. The van der Waals surface area contributed by atoms with Crippen molar-refractivity contribution in [2.45, 2.75) is 45.9 Å². The molecule has 1 aliphatic heterocycles. The molecule has 1 aromatic carbocycles. The highest BCUT2D eigenvalue weighted by atomic mass is 16.5. The van der Waals surface area contributed by atoms with Crippen LogP contribution < -0.4 is 10.1 Å². The molecule has 1 saturated heterocycles. The molecule has 1 atom stereocenters. The van der Waals surface area contributed by atoms with E-state index in [-0.39, 0.29) is 6.61 Å². The van der Waals surface area contributed by atoms with Crippen molar-refractivity contribution in [3.63, 3.8) is 0 Å². The number of aliphatic hydroxyl groups excluding tert-OH is 1. The molecule has 20 heavy (non-hydrogen) atoms. The Bertz CT molecular complexity index is 434. The van der Waals surface area contributed by atoms with Crippen LogP contribution in [0.1, 0.15) is 32.8 Å². The van der Waals surface area contributed by atoms with Gasteiger partial charge in [0.1, 0.15) is 5.75 Å². The first-order valence-corrected chi connectivity index (χ1v) is 7.51. The van der Waals surface area contributed by atoms with Crippen LogP contribution in [0, 0.1) is 0 Å². The third kappa shape index (κ3) is 3.64. The number of ether oxygens (including phenoxy) is 1. The first kappa shape index (κ1) is 15.1. The number of aliphatic hydroxyl groups is 1. The lowest BCUT2D eigenvalue weighted by Gasteiger charge is -2.21. The van der Waals surface area contributed by atoms with E-state index in [1.807, 2.05) is 25.1 Å². The van der Waals surface area contributed by atoms with Crippen LogP contribution in [-0.4, -0.2) is 41.8 Å². The molecule has 0 aromatic heterocycles. The Balaban J connectivity index is 2.00. The molecule has 0 saturated carbocycles. The molecule has 0 spiro atoms. The van der Waals surface area contributed by atoms with E-state index in [4.69, 9.17) is 4.74 Å². The number of benzene rings is 1. The van der Waals surface area contributed by atoms with Crippen molar-refractivity contribution in [1.29, 1.82) is 0 Å². The zero-order chi connectivity index (χ0) is 14.5. The maximum absolute atomic E-state index is 9.43. The number of hydrogen-bond donors (Lipinski definition) is 2. The predicted molar refractivity (Wildman–Crippen MR) is 82.3 cm³/mol. The lowest BCUT2D eigenvalue weighted by Crippen LogP contribution is -2.31.